The molecule has 0 fully saturated rings. The summed E-state index contributed by atoms with van der Waals surface area (Å²) in [7, 11) is 0. The number of hydrogen-bond donors (Lipinski definition) is 1. The van der Waals surface area contributed by atoms with Crippen molar-refractivity contribution in [1.29, 1.82) is 0 Å². The molecule has 0 bridgehead atoms. The molecule has 0 spiro atoms. The minimum Gasteiger partial charge on any atom is -0.348 e. The molecule has 96 valence electrons. The highest BCUT2D eigenvalue weighted by atomic mass is 35.5. The number of hydrogen-bond acceptors (Lipinski definition) is 4. The van der Waals surface area contributed by atoms with Gasteiger partial charge in [-0.3, -0.25) is 4.79 Å². The van der Waals surface area contributed by atoms with E-state index < -0.39 is 0 Å². The van der Waals surface area contributed by atoms with Crippen LogP contribution in [0.4, 0.5) is 0 Å². The van der Waals surface area contributed by atoms with Gasteiger partial charge in [0.1, 0.15) is 4.88 Å². The summed E-state index contributed by atoms with van der Waals surface area (Å²) in [5.41, 5.74) is 0.772. The average Bonchev–Trinajstić information content (AvgIpc) is 2.77. The van der Waals surface area contributed by atoms with Gasteiger partial charge in [0.2, 0.25) is 0 Å². The fourth-order valence-electron chi connectivity index (χ4n) is 1.49. The first kappa shape index (κ1) is 14.4. The van der Waals surface area contributed by atoms with Gasteiger partial charge in [-0.15, -0.1) is 16.7 Å². The lowest BCUT2D eigenvalue weighted by molar-refractivity contribution is 0.0937. The molecule has 1 amide bonds. The molecule has 0 aromatic carbocycles. The van der Waals surface area contributed by atoms with E-state index in [4.69, 9.17) is 11.6 Å². The molecule has 1 unspecified atom stereocenters. The van der Waals surface area contributed by atoms with Crippen molar-refractivity contribution in [3.63, 3.8) is 0 Å². The molecule has 4 nitrogen and oxygen atoms in total. The molecule has 0 saturated heterocycles. The van der Waals surface area contributed by atoms with Crippen LogP contribution in [0.3, 0.4) is 0 Å². The Labute approximate surface area is 111 Å². The maximum absolute atomic E-state index is 12.1. The third-order valence-electron chi connectivity index (χ3n) is 2.55. The molecule has 0 aliphatic heterocycles. The molecule has 0 radical (unpaired) electrons. The van der Waals surface area contributed by atoms with Crippen molar-refractivity contribution in [3.8, 4) is 0 Å². The first-order chi connectivity index (χ1) is 8.10. The number of alkyl halides is 1. The number of nitrogens with one attached hydrogen (secondary N) is 1. The van der Waals surface area contributed by atoms with Crippen molar-refractivity contribution >= 4 is 29.0 Å². The van der Waals surface area contributed by atoms with Gasteiger partial charge in [0, 0.05) is 11.9 Å². The smallest absolute Gasteiger partial charge is 0.265 e. The topological polar surface area (TPSA) is 54.9 Å². The Hall–Kier alpha value is -0.680. The van der Waals surface area contributed by atoms with Crippen LogP contribution in [0.5, 0.6) is 0 Å². The highest BCUT2D eigenvalue weighted by Crippen LogP contribution is 2.19. The van der Waals surface area contributed by atoms with Crippen molar-refractivity contribution in [3.05, 3.63) is 10.6 Å². The first-order valence-corrected chi connectivity index (χ1v) is 7.10. The van der Waals surface area contributed by atoms with E-state index in [9.17, 15) is 4.79 Å². The van der Waals surface area contributed by atoms with Gasteiger partial charge in [0.25, 0.3) is 5.91 Å². The van der Waals surface area contributed by atoms with Crippen LogP contribution in [0, 0.1) is 0 Å². The average molecular weight is 276 g/mol. The van der Waals surface area contributed by atoms with Gasteiger partial charge in [-0.05, 0) is 30.3 Å². The van der Waals surface area contributed by atoms with E-state index >= 15 is 0 Å². The third kappa shape index (κ3) is 3.92. The Morgan fingerprint density at radius 3 is 2.76 bits per heavy atom. The molecule has 17 heavy (non-hydrogen) atoms. The van der Waals surface area contributed by atoms with Gasteiger partial charge in [-0.1, -0.05) is 25.3 Å². The maximum atomic E-state index is 12.1. The molecule has 1 aromatic rings. The Bertz CT molecular complexity index is 367. The van der Waals surface area contributed by atoms with Crippen molar-refractivity contribution in [2.75, 3.05) is 5.88 Å². The second kappa shape index (κ2) is 6.91. The fraction of sp³-hybridized carbons (Fsp3) is 0.727. The van der Waals surface area contributed by atoms with Crippen LogP contribution in [0.2, 0.25) is 0 Å². The van der Waals surface area contributed by atoms with Gasteiger partial charge in [0.15, 0.2) is 0 Å². The van der Waals surface area contributed by atoms with E-state index in [-0.39, 0.29) is 17.9 Å². The van der Waals surface area contributed by atoms with Gasteiger partial charge in [-0.2, -0.15) is 0 Å². The number of rotatable bonds is 6. The number of amides is 1. The second-order valence-corrected chi connectivity index (χ2v) is 5.33. The lowest BCUT2D eigenvalue weighted by Crippen LogP contribution is -2.34. The molecular weight excluding hydrogens is 258 g/mol. The van der Waals surface area contributed by atoms with E-state index in [1.165, 1.54) is 0 Å². The summed E-state index contributed by atoms with van der Waals surface area (Å²) in [5.74, 6) is 0.680. The van der Waals surface area contributed by atoms with Crippen LogP contribution in [0.1, 0.15) is 54.9 Å². The lowest BCUT2D eigenvalue weighted by atomic mass is 10.1. The van der Waals surface area contributed by atoms with Crippen LogP contribution >= 0.6 is 23.1 Å². The molecule has 1 rings (SSSR count). The van der Waals surface area contributed by atoms with Gasteiger partial charge in [-0.25, -0.2) is 0 Å². The number of nitrogens with zero attached hydrogens (tertiary/aromatic N) is 2. The van der Waals surface area contributed by atoms with Crippen molar-refractivity contribution < 1.29 is 4.79 Å². The summed E-state index contributed by atoms with van der Waals surface area (Å²) >= 11 is 6.84. The largest absolute Gasteiger partial charge is 0.348 e. The zero-order chi connectivity index (χ0) is 12.8. The molecular formula is C11H18ClN3OS. The number of halogens is 1. The van der Waals surface area contributed by atoms with E-state index in [0.29, 0.717) is 10.8 Å². The van der Waals surface area contributed by atoms with Gasteiger partial charge < -0.3 is 5.32 Å². The molecule has 1 aromatic heterocycles. The van der Waals surface area contributed by atoms with E-state index in [1.54, 1.807) is 0 Å². The van der Waals surface area contributed by atoms with Crippen LogP contribution < -0.4 is 5.32 Å². The summed E-state index contributed by atoms with van der Waals surface area (Å²) in [6, 6.07) is 0.127. The van der Waals surface area contributed by atoms with Crippen molar-refractivity contribution in [2.45, 2.75) is 45.6 Å². The van der Waals surface area contributed by atoms with Crippen LogP contribution in [0.25, 0.3) is 0 Å². The van der Waals surface area contributed by atoms with E-state index in [2.05, 4.69) is 14.9 Å². The zero-order valence-electron chi connectivity index (χ0n) is 10.4. The minimum absolute atomic E-state index is 0.0827. The number of carbonyl (C=O) groups excluding carboxylic acids is 1. The van der Waals surface area contributed by atoms with Crippen LogP contribution in [0.15, 0.2) is 0 Å². The van der Waals surface area contributed by atoms with E-state index in [1.807, 2.05) is 20.8 Å². The van der Waals surface area contributed by atoms with Crippen LogP contribution in [-0.4, -0.2) is 27.4 Å². The molecule has 1 heterocycles. The Kier molecular flexibility index (Phi) is 5.85. The summed E-state index contributed by atoms with van der Waals surface area (Å²) in [5, 5.41) is 6.97. The van der Waals surface area contributed by atoms with Crippen molar-refractivity contribution in [1.82, 2.24) is 14.9 Å². The second-order valence-electron chi connectivity index (χ2n) is 4.20. The molecule has 0 aliphatic carbocycles. The van der Waals surface area contributed by atoms with Crippen LogP contribution in [-0.2, 0) is 0 Å². The maximum Gasteiger partial charge on any atom is 0.265 e. The summed E-state index contributed by atoms with van der Waals surface area (Å²) in [6.07, 6.45) is 1.66. The first-order valence-electron chi connectivity index (χ1n) is 5.79. The predicted octanol–water partition coefficient (Wildman–Crippen LogP) is 2.80. The fourth-order valence-corrected chi connectivity index (χ4v) is 2.48. The van der Waals surface area contributed by atoms with Gasteiger partial charge >= 0.3 is 0 Å². The molecule has 1 N–H and O–H groups in total. The molecule has 6 heteroatoms. The third-order valence-corrected chi connectivity index (χ3v) is 3.51. The summed E-state index contributed by atoms with van der Waals surface area (Å²) < 4.78 is 3.85. The molecule has 0 saturated carbocycles. The highest BCUT2D eigenvalue weighted by Gasteiger charge is 2.20. The summed E-state index contributed by atoms with van der Waals surface area (Å²) in [6.45, 7) is 6.04. The normalized spacial score (nSPS) is 12.8. The SMILES string of the molecule is CCC(CCCl)NC(=O)c1snnc1C(C)C. The monoisotopic (exact) mass is 275 g/mol. The summed E-state index contributed by atoms with van der Waals surface area (Å²) in [4.78, 5) is 12.7. The quantitative estimate of drug-likeness (QED) is 0.812. The highest BCUT2D eigenvalue weighted by molar-refractivity contribution is 7.08. The Morgan fingerprint density at radius 1 is 1.53 bits per heavy atom. The Morgan fingerprint density at radius 2 is 2.24 bits per heavy atom. The zero-order valence-corrected chi connectivity index (χ0v) is 11.9. The molecule has 1 atom stereocenters. The van der Waals surface area contributed by atoms with E-state index in [0.717, 1.165) is 30.1 Å². The lowest BCUT2D eigenvalue weighted by Gasteiger charge is -2.15. The molecule has 0 aliphatic rings. The van der Waals surface area contributed by atoms with Crippen molar-refractivity contribution in [2.24, 2.45) is 0 Å². The number of aromatic nitrogens is 2. The predicted molar refractivity (Wildman–Crippen MR) is 70.9 cm³/mol. The number of carbonyl (C=O) groups is 1. The van der Waals surface area contributed by atoms with Gasteiger partial charge in [0.05, 0.1) is 5.69 Å². The minimum atomic E-state index is -0.0827. The Balaban J connectivity index is 2.72. The standard InChI is InChI=1S/C11H18ClN3OS/c1-4-8(5-6-12)13-11(16)10-9(7(2)3)14-15-17-10/h7-8H,4-6H2,1-3H3,(H,13,16).